The van der Waals surface area contributed by atoms with E-state index in [0.717, 1.165) is 38.2 Å². The lowest BCUT2D eigenvalue weighted by molar-refractivity contribution is -0.111. The first kappa shape index (κ1) is 13.7. The Morgan fingerprint density at radius 3 is 3.20 bits per heavy atom. The van der Waals surface area contributed by atoms with Crippen LogP contribution in [0.5, 0.6) is 0 Å². The van der Waals surface area contributed by atoms with Crippen molar-refractivity contribution in [3.8, 4) is 0 Å². The molecule has 0 aromatic carbocycles. The molecule has 1 saturated heterocycles. The molecule has 2 fully saturated rings. The Balaban J connectivity index is 1.64. The van der Waals surface area contributed by atoms with Crippen LogP contribution in [0.25, 0.3) is 0 Å². The highest BCUT2D eigenvalue weighted by Gasteiger charge is 2.43. The molecule has 1 aromatic heterocycles. The number of fused-ring (bicyclic) bond motifs is 1. The molecule has 2 aliphatic rings. The minimum atomic E-state index is 0.201. The Morgan fingerprint density at radius 2 is 2.40 bits per heavy atom. The minimum Gasteiger partial charge on any atom is -0.373 e. The second-order valence-electron chi connectivity index (χ2n) is 5.43. The van der Waals surface area contributed by atoms with Gasteiger partial charge in [0.05, 0.1) is 31.1 Å². The van der Waals surface area contributed by atoms with Crippen molar-refractivity contribution in [1.82, 2.24) is 9.88 Å². The highest BCUT2D eigenvalue weighted by Crippen LogP contribution is 2.32. The van der Waals surface area contributed by atoms with E-state index in [2.05, 4.69) is 22.5 Å². The van der Waals surface area contributed by atoms with Gasteiger partial charge in [-0.3, -0.25) is 9.88 Å². The third-order valence-corrected chi connectivity index (χ3v) is 4.17. The zero-order chi connectivity index (χ0) is 13.8. The topological polar surface area (TPSA) is 34.6 Å². The maximum absolute atomic E-state index is 5.96. The highest BCUT2D eigenvalue weighted by molar-refractivity contribution is 5.05. The molecule has 1 aliphatic heterocycles. The SMILES string of the molecule is C=CCO[C@@H]1CC[C@@H]2[C@@H]1OCCN2Cc1ccccn1. The first-order chi connectivity index (χ1) is 9.88. The molecule has 0 spiro atoms. The summed E-state index contributed by atoms with van der Waals surface area (Å²) in [5.74, 6) is 0. The van der Waals surface area contributed by atoms with E-state index in [-0.39, 0.29) is 12.2 Å². The van der Waals surface area contributed by atoms with Crippen molar-refractivity contribution in [2.24, 2.45) is 0 Å². The number of morpholine rings is 1. The number of nitrogens with zero attached hydrogens (tertiary/aromatic N) is 2. The van der Waals surface area contributed by atoms with E-state index in [9.17, 15) is 0 Å². The van der Waals surface area contributed by atoms with Crippen molar-refractivity contribution in [3.63, 3.8) is 0 Å². The number of rotatable bonds is 5. The van der Waals surface area contributed by atoms with E-state index in [1.807, 2.05) is 24.4 Å². The van der Waals surface area contributed by atoms with Crippen molar-refractivity contribution in [3.05, 3.63) is 42.7 Å². The molecule has 1 aromatic rings. The van der Waals surface area contributed by atoms with Gasteiger partial charge < -0.3 is 9.47 Å². The molecule has 0 radical (unpaired) electrons. The lowest BCUT2D eigenvalue weighted by Gasteiger charge is -2.38. The van der Waals surface area contributed by atoms with E-state index < -0.39 is 0 Å². The monoisotopic (exact) mass is 274 g/mol. The Kier molecular flexibility index (Phi) is 4.45. The van der Waals surface area contributed by atoms with Gasteiger partial charge in [-0.2, -0.15) is 0 Å². The van der Waals surface area contributed by atoms with Crippen LogP contribution in [0.3, 0.4) is 0 Å². The third-order valence-electron chi connectivity index (χ3n) is 4.17. The lowest BCUT2D eigenvalue weighted by Crippen LogP contribution is -2.51. The average Bonchev–Trinajstić information content (AvgIpc) is 2.90. The van der Waals surface area contributed by atoms with Crippen LogP contribution in [-0.2, 0) is 16.0 Å². The van der Waals surface area contributed by atoms with Crippen LogP contribution in [0.2, 0.25) is 0 Å². The third kappa shape index (κ3) is 2.92. The van der Waals surface area contributed by atoms with Crippen molar-refractivity contribution in [2.75, 3.05) is 19.8 Å². The quantitative estimate of drug-likeness (QED) is 0.769. The van der Waals surface area contributed by atoms with Gasteiger partial charge in [0.2, 0.25) is 0 Å². The van der Waals surface area contributed by atoms with Crippen LogP contribution in [0, 0.1) is 0 Å². The molecule has 0 amide bonds. The fraction of sp³-hybridized carbons (Fsp3) is 0.562. The van der Waals surface area contributed by atoms with Crippen molar-refractivity contribution in [2.45, 2.75) is 37.6 Å². The molecule has 20 heavy (non-hydrogen) atoms. The molecule has 4 heteroatoms. The molecule has 1 aliphatic carbocycles. The van der Waals surface area contributed by atoms with E-state index in [1.54, 1.807) is 0 Å². The summed E-state index contributed by atoms with van der Waals surface area (Å²) in [5.41, 5.74) is 1.13. The average molecular weight is 274 g/mol. The predicted octanol–water partition coefficient (Wildman–Crippen LogP) is 2.02. The van der Waals surface area contributed by atoms with E-state index >= 15 is 0 Å². The Hall–Kier alpha value is -1.23. The number of pyridine rings is 1. The van der Waals surface area contributed by atoms with E-state index in [4.69, 9.17) is 9.47 Å². The second kappa shape index (κ2) is 6.48. The number of ether oxygens (including phenoxy) is 2. The summed E-state index contributed by atoms with van der Waals surface area (Å²) in [7, 11) is 0. The molecular formula is C16H22N2O2. The van der Waals surface area contributed by atoms with Crippen LogP contribution in [-0.4, -0.2) is 47.9 Å². The number of hydrogen-bond acceptors (Lipinski definition) is 4. The van der Waals surface area contributed by atoms with Crippen LogP contribution in [0.15, 0.2) is 37.1 Å². The Bertz CT molecular complexity index is 437. The van der Waals surface area contributed by atoms with Crippen molar-refractivity contribution >= 4 is 0 Å². The van der Waals surface area contributed by atoms with Gasteiger partial charge in [-0.05, 0) is 25.0 Å². The zero-order valence-corrected chi connectivity index (χ0v) is 11.8. The predicted molar refractivity (Wildman–Crippen MR) is 77.3 cm³/mol. The summed E-state index contributed by atoms with van der Waals surface area (Å²) >= 11 is 0. The summed E-state index contributed by atoms with van der Waals surface area (Å²) < 4.78 is 11.8. The van der Waals surface area contributed by atoms with Gasteiger partial charge in [-0.15, -0.1) is 6.58 Å². The van der Waals surface area contributed by atoms with Crippen molar-refractivity contribution in [1.29, 1.82) is 0 Å². The van der Waals surface area contributed by atoms with Gasteiger partial charge in [0.15, 0.2) is 0 Å². The van der Waals surface area contributed by atoms with Gasteiger partial charge >= 0.3 is 0 Å². The summed E-state index contributed by atoms with van der Waals surface area (Å²) in [6.07, 6.45) is 6.29. The molecule has 4 nitrogen and oxygen atoms in total. The first-order valence-corrected chi connectivity index (χ1v) is 7.36. The molecule has 3 atom stereocenters. The summed E-state index contributed by atoms with van der Waals surface area (Å²) in [6.45, 7) is 6.98. The first-order valence-electron chi connectivity index (χ1n) is 7.36. The van der Waals surface area contributed by atoms with E-state index in [0.29, 0.717) is 12.6 Å². The molecule has 1 saturated carbocycles. The second-order valence-corrected chi connectivity index (χ2v) is 5.43. The van der Waals surface area contributed by atoms with Crippen LogP contribution in [0.4, 0.5) is 0 Å². The largest absolute Gasteiger partial charge is 0.373 e. The fourth-order valence-corrected chi connectivity index (χ4v) is 3.26. The standard InChI is InChI=1S/C16H22N2O2/c1-2-10-19-15-7-6-14-16(15)20-11-9-18(14)12-13-5-3-4-8-17-13/h2-5,8,14-16H,1,6-7,9-12H2/t14-,15-,16+/m1/s1. The molecule has 2 heterocycles. The maximum atomic E-state index is 5.96. The number of aromatic nitrogens is 1. The van der Waals surface area contributed by atoms with E-state index in [1.165, 1.54) is 0 Å². The summed E-state index contributed by atoms with van der Waals surface area (Å²) in [4.78, 5) is 6.92. The van der Waals surface area contributed by atoms with Gasteiger partial charge in [-0.25, -0.2) is 0 Å². The van der Waals surface area contributed by atoms with Crippen molar-refractivity contribution < 1.29 is 9.47 Å². The molecule has 0 unspecified atom stereocenters. The van der Waals surface area contributed by atoms with Crippen LogP contribution >= 0.6 is 0 Å². The minimum absolute atomic E-state index is 0.201. The molecular weight excluding hydrogens is 252 g/mol. The Morgan fingerprint density at radius 1 is 1.45 bits per heavy atom. The fourth-order valence-electron chi connectivity index (χ4n) is 3.26. The maximum Gasteiger partial charge on any atom is 0.0992 e. The molecule has 108 valence electrons. The smallest absolute Gasteiger partial charge is 0.0992 e. The molecule has 3 rings (SSSR count). The van der Waals surface area contributed by atoms with Crippen LogP contribution < -0.4 is 0 Å². The lowest BCUT2D eigenvalue weighted by atomic mass is 10.1. The molecule has 0 bridgehead atoms. The van der Waals surface area contributed by atoms with Gasteiger partial charge in [0.25, 0.3) is 0 Å². The zero-order valence-electron chi connectivity index (χ0n) is 11.8. The van der Waals surface area contributed by atoms with Gasteiger partial charge in [0.1, 0.15) is 0 Å². The van der Waals surface area contributed by atoms with Gasteiger partial charge in [-0.1, -0.05) is 12.1 Å². The van der Waals surface area contributed by atoms with Gasteiger partial charge in [0, 0.05) is 25.3 Å². The normalized spacial score (nSPS) is 30.1. The number of hydrogen-bond donors (Lipinski definition) is 0. The molecule has 0 N–H and O–H groups in total. The highest BCUT2D eigenvalue weighted by atomic mass is 16.5. The van der Waals surface area contributed by atoms with Crippen LogP contribution in [0.1, 0.15) is 18.5 Å². The summed E-state index contributed by atoms with van der Waals surface area (Å²) in [5, 5.41) is 0. The summed E-state index contributed by atoms with van der Waals surface area (Å²) in [6, 6.07) is 6.55. The Labute approximate surface area is 120 Å².